The average molecular weight is 498 g/mol. The highest BCUT2D eigenvalue weighted by Gasteiger charge is 2.67. The van der Waals surface area contributed by atoms with Crippen molar-refractivity contribution in [3.63, 3.8) is 0 Å². The van der Waals surface area contributed by atoms with Crippen LogP contribution in [0.4, 0.5) is 5.69 Å². The smallest absolute Gasteiger partial charge is 0.256 e. The van der Waals surface area contributed by atoms with Crippen molar-refractivity contribution in [3.8, 4) is 5.75 Å². The normalized spacial score (nSPS) is 25.3. The number of hydrogen-bond donors (Lipinski definition) is 2. The van der Waals surface area contributed by atoms with Gasteiger partial charge in [-0.05, 0) is 42.8 Å². The summed E-state index contributed by atoms with van der Waals surface area (Å²) in [6.07, 6.45) is 0. The van der Waals surface area contributed by atoms with Gasteiger partial charge in [0.05, 0.1) is 5.92 Å². The molecule has 1 spiro atoms. The van der Waals surface area contributed by atoms with E-state index in [4.69, 9.17) is 27.9 Å². The lowest BCUT2D eigenvalue weighted by Gasteiger charge is -2.25. The van der Waals surface area contributed by atoms with Gasteiger partial charge < -0.3 is 10.1 Å². The van der Waals surface area contributed by atoms with E-state index in [1.165, 1.54) is 0 Å². The summed E-state index contributed by atoms with van der Waals surface area (Å²) in [4.78, 5) is 25.1. The van der Waals surface area contributed by atoms with Crippen molar-refractivity contribution in [1.29, 1.82) is 0 Å². The maximum absolute atomic E-state index is 13.1. The Morgan fingerprint density at radius 1 is 1.09 bits per heavy atom. The largest absolute Gasteiger partial charge is 0.489 e. The van der Waals surface area contributed by atoms with Crippen LogP contribution < -0.4 is 15.4 Å². The molecule has 0 aliphatic carbocycles. The molecule has 0 bridgehead atoms. The summed E-state index contributed by atoms with van der Waals surface area (Å²) in [7, 11) is 0. The van der Waals surface area contributed by atoms with Crippen molar-refractivity contribution >= 4 is 34.8 Å². The van der Waals surface area contributed by atoms with E-state index in [1.54, 1.807) is 54.6 Å². The van der Waals surface area contributed by atoms with Crippen molar-refractivity contribution in [1.82, 2.24) is 5.32 Å². The van der Waals surface area contributed by atoms with Gasteiger partial charge in [0, 0.05) is 37.8 Å². The highest BCUT2D eigenvalue weighted by molar-refractivity contribution is 6.35. The molecule has 3 aromatic carbocycles. The summed E-state index contributed by atoms with van der Waals surface area (Å²) in [5.74, 6) is -0.319. The van der Waals surface area contributed by atoms with Crippen LogP contribution in [0, 0.1) is 10.1 Å². The number of nitro groups is 1. The number of hydrogen-bond acceptors (Lipinski definition) is 5. The topological polar surface area (TPSA) is 93.5 Å². The molecule has 0 radical (unpaired) electrons. The van der Waals surface area contributed by atoms with E-state index in [2.05, 4.69) is 10.6 Å². The number of halogens is 2. The first-order chi connectivity index (χ1) is 16.3. The molecule has 1 fully saturated rings. The monoisotopic (exact) mass is 497 g/mol. The first kappa shape index (κ1) is 22.7. The second kappa shape index (κ2) is 8.58. The van der Waals surface area contributed by atoms with Crippen LogP contribution in [0.25, 0.3) is 0 Å². The van der Waals surface area contributed by atoms with Gasteiger partial charge in [-0.1, -0.05) is 59.6 Å². The molecule has 7 nitrogen and oxygen atoms in total. The predicted molar refractivity (Wildman–Crippen MR) is 130 cm³/mol. The third kappa shape index (κ3) is 3.60. The molecule has 9 heteroatoms. The highest BCUT2D eigenvalue weighted by atomic mass is 35.5. The van der Waals surface area contributed by atoms with Gasteiger partial charge in [0.1, 0.15) is 12.4 Å². The Hall–Kier alpha value is -3.13. The Kier molecular flexibility index (Phi) is 5.72. The fraction of sp³-hybridized carbons (Fsp3) is 0.240. The minimum Gasteiger partial charge on any atom is -0.489 e. The zero-order valence-electron chi connectivity index (χ0n) is 18.1. The fourth-order valence-electron chi connectivity index (χ4n) is 5.14. The summed E-state index contributed by atoms with van der Waals surface area (Å²) >= 11 is 12.1. The van der Waals surface area contributed by atoms with E-state index in [9.17, 15) is 14.9 Å². The van der Waals surface area contributed by atoms with Crippen LogP contribution in [0.1, 0.15) is 29.5 Å². The van der Waals surface area contributed by atoms with Crippen molar-refractivity contribution in [3.05, 3.63) is 104 Å². The minimum absolute atomic E-state index is 0.258. The minimum atomic E-state index is -1.43. The van der Waals surface area contributed by atoms with Crippen molar-refractivity contribution in [2.75, 3.05) is 5.32 Å². The molecule has 4 atom stereocenters. The Morgan fingerprint density at radius 2 is 1.82 bits per heavy atom. The van der Waals surface area contributed by atoms with Crippen LogP contribution in [0.2, 0.25) is 10.0 Å². The van der Waals surface area contributed by atoms with Gasteiger partial charge in [-0.15, -0.1) is 0 Å². The van der Waals surface area contributed by atoms with Gasteiger partial charge in [0.25, 0.3) is 11.9 Å². The number of para-hydroxylation sites is 1. The number of nitrogens with one attached hydrogen (secondary N) is 2. The van der Waals surface area contributed by atoms with Crippen LogP contribution in [0.3, 0.4) is 0 Å². The second-order valence-corrected chi connectivity index (χ2v) is 9.43. The van der Waals surface area contributed by atoms with Crippen molar-refractivity contribution in [2.45, 2.75) is 37.1 Å². The summed E-state index contributed by atoms with van der Waals surface area (Å²) in [6, 6.07) is 18.0. The summed E-state index contributed by atoms with van der Waals surface area (Å²) in [6.45, 7) is 2.13. The lowest BCUT2D eigenvalue weighted by molar-refractivity contribution is -0.532. The number of benzene rings is 3. The van der Waals surface area contributed by atoms with Crippen LogP contribution >= 0.6 is 23.2 Å². The van der Waals surface area contributed by atoms with Gasteiger partial charge in [-0.25, -0.2) is 0 Å². The number of carbonyl (C=O) groups is 1. The van der Waals surface area contributed by atoms with E-state index in [0.717, 1.165) is 11.1 Å². The summed E-state index contributed by atoms with van der Waals surface area (Å²) < 4.78 is 5.85. The first-order valence-corrected chi connectivity index (χ1v) is 11.6. The van der Waals surface area contributed by atoms with Crippen LogP contribution in [-0.4, -0.2) is 22.9 Å². The first-order valence-electron chi connectivity index (χ1n) is 10.8. The number of ether oxygens (including phenoxy) is 1. The number of nitrogens with zero attached hydrogens (tertiary/aromatic N) is 1. The molecule has 1 amide bonds. The summed E-state index contributed by atoms with van der Waals surface area (Å²) in [5, 5.41) is 19.5. The lowest BCUT2D eigenvalue weighted by Crippen LogP contribution is -2.54. The van der Waals surface area contributed by atoms with Gasteiger partial charge >= 0.3 is 0 Å². The molecular formula is C25H21Cl2N3O4. The van der Waals surface area contributed by atoms with Crippen LogP contribution in [0.5, 0.6) is 5.75 Å². The molecule has 2 aliphatic heterocycles. The van der Waals surface area contributed by atoms with Gasteiger partial charge in [0.2, 0.25) is 0 Å². The second-order valence-electron chi connectivity index (χ2n) is 8.59. The molecule has 0 aromatic heterocycles. The third-order valence-electron chi connectivity index (χ3n) is 6.64. The molecule has 5 rings (SSSR count). The molecule has 2 aliphatic rings. The van der Waals surface area contributed by atoms with E-state index < -0.39 is 23.4 Å². The number of carbonyl (C=O) groups excluding carboxylic acids is 1. The molecular weight excluding hydrogens is 477 g/mol. The van der Waals surface area contributed by atoms with Gasteiger partial charge in [0.15, 0.2) is 5.54 Å². The lowest BCUT2D eigenvalue weighted by atomic mass is 9.78. The van der Waals surface area contributed by atoms with Gasteiger partial charge in [-0.2, -0.15) is 0 Å². The Morgan fingerprint density at radius 3 is 2.53 bits per heavy atom. The SMILES string of the molecule is C[C@@H]1N[C@]2(C(=O)Nc3ccccc32)[C@@H]([N+](=O)[O-])[C@H]1c1ccc(OCc2ccc(Cl)cc2Cl)cc1. The number of anilines is 1. The Bertz CT molecular complexity index is 1280. The third-order valence-corrected chi connectivity index (χ3v) is 7.22. The number of fused-ring (bicyclic) bond motifs is 2. The molecule has 0 saturated carbocycles. The van der Waals surface area contributed by atoms with E-state index in [0.29, 0.717) is 27.0 Å². The molecule has 1 saturated heterocycles. The molecule has 2 N–H and O–H groups in total. The quantitative estimate of drug-likeness (QED) is 0.375. The van der Waals surface area contributed by atoms with Crippen LogP contribution in [-0.2, 0) is 16.9 Å². The number of amides is 1. The zero-order valence-corrected chi connectivity index (χ0v) is 19.6. The predicted octanol–water partition coefficient (Wildman–Crippen LogP) is 5.14. The van der Waals surface area contributed by atoms with E-state index >= 15 is 0 Å². The van der Waals surface area contributed by atoms with Crippen LogP contribution in [0.15, 0.2) is 66.7 Å². The molecule has 34 heavy (non-hydrogen) atoms. The fourth-order valence-corrected chi connectivity index (χ4v) is 5.60. The zero-order chi connectivity index (χ0) is 24.0. The Balaban J connectivity index is 1.42. The van der Waals surface area contributed by atoms with Crippen molar-refractivity contribution in [2.24, 2.45) is 0 Å². The summed E-state index contributed by atoms with van der Waals surface area (Å²) in [5.41, 5.74) is 1.34. The average Bonchev–Trinajstić information content (AvgIpc) is 3.27. The Labute approximate surface area is 206 Å². The maximum Gasteiger partial charge on any atom is 0.256 e. The van der Waals surface area contributed by atoms with E-state index in [1.807, 2.05) is 19.1 Å². The van der Waals surface area contributed by atoms with Crippen molar-refractivity contribution < 1.29 is 14.5 Å². The standard InChI is InChI=1S/C25H21Cl2N3O4/c1-14-22(15-7-10-18(11-8-15)34-13-16-6-9-17(26)12-20(16)27)23(30(32)33)25(29-14)19-4-2-3-5-21(19)28-24(25)31/h2-12,14,22-23,29H,13H2,1H3,(H,28,31)/t14-,22+,23-,25-/m0/s1. The molecule has 2 heterocycles. The maximum atomic E-state index is 13.1. The number of rotatable bonds is 5. The molecule has 3 aromatic rings. The van der Waals surface area contributed by atoms with Gasteiger partial charge in [-0.3, -0.25) is 20.2 Å². The highest BCUT2D eigenvalue weighted by Crippen LogP contribution is 2.49. The van der Waals surface area contributed by atoms with E-state index in [-0.39, 0.29) is 17.6 Å². The molecule has 174 valence electrons. The molecule has 0 unspecified atom stereocenters.